The Balaban J connectivity index is 1.45. The molecule has 0 N–H and O–H groups in total. The monoisotopic (exact) mass is 419 g/mol. The van der Waals surface area contributed by atoms with E-state index < -0.39 is 11.7 Å². The van der Waals surface area contributed by atoms with Crippen LogP contribution in [0.4, 0.5) is 13.2 Å². The average Bonchev–Trinajstić information content (AvgIpc) is 3.44. The second-order valence-corrected chi connectivity index (χ2v) is 7.79. The lowest BCUT2D eigenvalue weighted by atomic mass is 10.1. The van der Waals surface area contributed by atoms with Crippen LogP contribution in [-0.2, 0) is 17.5 Å². The molecule has 1 saturated carbocycles. The number of ether oxygens (including phenoxy) is 2. The van der Waals surface area contributed by atoms with Gasteiger partial charge >= 0.3 is 6.18 Å². The third kappa shape index (κ3) is 4.95. The van der Waals surface area contributed by atoms with E-state index in [4.69, 9.17) is 9.47 Å². The van der Waals surface area contributed by atoms with Gasteiger partial charge in [-0.15, -0.1) is 0 Å². The van der Waals surface area contributed by atoms with Crippen molar-refractivity contribution in [2.45, 2.75) is 50.6 Å². The number of carbonyl (C=O) groups is 1. The molecule has 1 aliphatic heterocycles. The number of hydrogen-bond acceptors (Lipinski definition) is 3. The highest BCUT2D eigenvalue weighted by molar-refractivity contribution is 5.94. The van der Waals surface area contributed by atoms with Gasteiger partial charge in [-0.2, -0.15) is 13.2 Å². The molecular formula is C23H24F3NO3. The van der Waals surface area contributed by atoms with Gasteiger partial charge in [-0.1, -0.05) is 18.2 Å². The zero-order chi connectivity index (χ0) is 21.1. The van der Waals surface area contributed by atoms with Crippen molar-refractivity contribution in [3.63, 3.8) is 0 Å². The third-order valence-corrected chi connectivity index (χ3v) is 5.47. The summed E-state index contributed by atoms with van der Waals surface area (Å²) in [6.45, 7) is 1.17. The second kappa shape index (κ2) is 8.68. The lowest BCUT2D eigenvalue weighted by Gasteiger charge is -2.24. The number of amides is 1. The molecule has 2 aliphatic rings. The third-order valence-electron chi connectivity index (χ3n) is 5.47. The number of halogens is 3. The summed E-state index contributed by atoms with van der Waals surface area (Å²) in [5.74, 6) is 0.377. The number of hydrogen-bond donors (Lipinski definition) is 0. The van der Waals surface area contributed by atoms with E-state index in [1.807, 2.05) is 0 Å². The normalized spacial score (nSPS) is 19.0. The van der Waals surface area contributed by atoms with Crippen LogP contribution in [0.15, 0.2) is 48.5 Å². The fourth-order valence-electron chi connectivity index (χ4n) is 3.70. The lowest BCUT2D eigenvalue weighted by Crippen LogP contribution is -2.33. The SMILES string of the molecule is O=C(c1ccc(OCC2CCCO2)cc1)N(Cc1ccccc1C(F)(F)F)C1CC1. The summed E-state index contributed by atoms with van der Waals surface area (Å²) in [6.07, 6.45) is -0.713. The standard InChI is InChI=1S/C23H24F3NO3/c24-23(25,26)21-6-2-1-4-17(21)14-27(18-9-10-18)22(28)16-7-11-19(12-8-16)30-15-20-5-3-13-29-20/h1-2,4,6-8,11-12,18,20H,3,5,9-10,13-15H2. The topological polar surface area (TPSA) is 38.8 Å². The summed E-state index contributed by atoms with van der Waals surface area (Å²) < 4.78 is 51.3. The van der Waals surface area contributed by atoms with Crippen LogP contribution in [0.1, 0.15) is 47.2 Å². The Labute approximate surface area is 173 Å². The van der Waals surface area contributed by atoms with Crippen LogP contribution >= 0.6 is 0 Å². The molecule has 1 unspecified atom stereocenters. The van der Waals surface area contributed by atoms with Gasteiger partial charge in [-0.25, -0.2) is 0 Å². The summed E-state index contributed by atoms with van der Waals surface area (Å²) in [5, 5.41) is 0. The molecule has 1 aliphatic carbocycles. The van der Waals surface area contributed by atoms with Crippen molar-refractivity contribution in [3.05, 3.63) is 65.2 Å². The molecule has 0 bridgehead atoms. The molecule has 2 aromatic carbocycles. The quantitative estimate of drug-likeness (QED) is 0.629. The average molecular weight is 419 g/mol. The van der Waals surface area contributed by atoms with Crippen LogP contribution in [-0.4, -0.2) is 36.2 Å². The molecule has 0 radical (unpaired) electrons. The molecule has 1 amide bonds. The minimum absolute atomic E-state index is 0.0192. The van der Waals surface area contributed by atoms with Gasteiger partial charge < -0.3 is 14.4 Å². The van der Waals surface area contributed by atoms with Crippen molar-refractivity contribution >= 4 is 5.91 Å². The minimum Gasteiger partial charge on any atom is -0.491 e. The van der Waals surface area contributed by atoms with E-state index in [0.717, 1.165) is 38.4 Å². The molecule has 0 spiro atoms. The van der Waals surface area contributed by atoms with Gasteiger partial charge in [0.25, 0.3) is 5.91 Å². The summed E-state index contributed by atoms with van der Waals surface area (Å²) in [6, 6.07) is 12.2. The first-order chi connectivity index (χ1) is 14.4. The highest BCUT2D eigenvalue weighted by atomic mass is 19.4. The molecule has 7 heteroatoms. The highest BCUT2D eigenvalue weighted by Gasteiger charge is 2.37. The smallest absolute Gasteiger partial charge is 0.416 e. The van der Waals surface area contributed by atoms with E-state index >= 15 is 0 Å². The predicted octanol–water partition coefficient (Wildman–Crippen LogP) is 5.07. The van der Waals surface area contributed by atoms with Crippen molar-refractivity contribution in [1.29, 1.82) is 0 Å². The Hall–Kier alpha value is -2.54. The predicted molar refractivity (Wildman–Crippen MR) is 105 cm³/mol. The zero-order valence-electron chi connectivity index (χ0n) is 16.5. The van der Waals surface area contributed by atoms with Crippen LogP contribution < -0.4 is 4.74 Å². The Bertz CT molecular complexity index is 872. The summed E-state index contributed by atoms with van der Waals surface area (Å²) in [5.41, 5.74) is -0.140. The maximum Gasteiger partial charge on any atom is 0.416 e. The molecule has 1 atom stereocenters. The van der Waals surface area contributed by atoms with E-state index in [-0.39, 0.29) is 30.2 Å². The molecule has 1 heterocycles. The van der Waals surface area contributed by atoms with Crippen LogP contribution in [0.3, 0.4) is 0 Å². The highest BCUT2D eigenvalue weighted by Crippen LogP contribution is 2.35. The largest absolute Gasteiger partial charge is 0.491 e. The maximum absolute atomic E-state index is 13.3. The van der Waals surface area contributed by atoms with Crippen molar-refractivity contribution in [2.24, 2.45) is 0 Å². The van der Waals surface area contributed by atoms with E-state index in [2.05, 4.69) is 0 Å². The van der Waals surface area contributed by atoms with E-state index in [0.29, 0.717) is 17.9 Å². The van der Waals surface area contributed by atoms with Crippen LogP contribution in [0, 0.1) is 0 Å². The van der Waals surface area contributed by atoms with Gasteiger partial charge in [-0.05, 0) is 61.6 Å². The Kier molecular flexibility index (Phi) is 5.99. The molecule has 2 fully saturated rings. The van der Waals surface area contributed by atoms with Gasteiger partial charge in [0.2, 0.25) is 0 Å². The number of rotatable bonds is 7. The Morgan fingerprint density at radius 1 is 1.07 bits per heavy atom. The van der Waals surface area contributed by atoms with Crippen LogP contribution in [0.5, 0.6) is 5.75 Å². The van der Waals surface area contributed by atoms with Crippen molar-refractivity contribution in [3.8, 4) is 5.75 Å². The molecule has 160 valence electrons. The molecule has 4 rings (SSSR count). The number of alkyl halides is 3. The van der Waals surface area contributed by atoms with Crippen LogP contribution in [0.2, 0.25) is 0 Å². The lowest BCUT2D eigenvalue weighted by molar-refractivity contribution is -0.138. The molecule has 1 saturated heterocycles. The molecule has 0 aromatic heterocycles. The fourth-order valence-corrected chi connectivity index (χ4v) is 3.70. The second-order valence-electron chi connectivity index (χ2n) is 7.79. The zero-order valence-corrected chi connectivity index (χ0v) is 16.5. The summed E-state index contributed by atoms with van der Waals surface area (Å²) in [7, 11) is 0. The first-order valence-corrected chi connectivity index (χ1v) is 10.2. The van der Waals surface area contributed by atoms with Gasteiger partial charge in [0.05, 0.1) is 11.7 Å². The molecular weight excluding hydrogens is 395 g/mol. The van der Waals surface area contributed by atoms with Gasteiger partial charge in [0.15, 0.2) is 0 Å². The maximum atomic E-state index is 13.3. The molecule has 30 heavy (non-hydrogen) atoms. The molecule has 4 nitrogen and oxygen atoms in total. The van der Waals surface area contributed by atoms with Crippen molar-refractivity contribution < 1.29 is 27.4 Å². The van der Waals surface area contributed by atoms with Crippen molar-refractivity contribution in [2.75, 3.05) is 13.2 Å². The number of nitrogens with zero attached hydrogens (tertiary/aromatic N) is 1. The van der Waals surface area contributed by atoms with Gasteiger partial charge in [0.1, 0.15) is 12.4 Å². The Morgan fingerprint density at radius 2 is 1.80 bits per heavy atom. The summed E-state index contributed by atoms with van der Waals surface area (Å²) >= 11 is 0. The first kappa shape index (κ1) is 20.7. The van der Waals surface area contributed by atoms with Crippen molar-refractivity contribution in [1.82, 2.24) is 4.90 Å². The van der Waals surface area contributed by atoms with E-state index in [1.54, 1.807) is 35.2 Å². The van der Waals surface area contributed by atoms with E-state index in [9.17, 15) is 18.0 Å². The van der Waals surface area contributed by atoms with E-state index in [1.165, 1.54) is 12.1 Å². The van der Waals surface area contributed by atoms with Gasteiger partial charge in [0, 0.05) is 24.8 Å². The fraction of sp³-hybridized carbons (Fsp3) is 0.435. The van der Waals surface area contributed by atoms with Gasteiger partial charge in [-0.3, -0.25) is 4.79 Å². The minimum atomic E-state index is -4.45. The Morgan fingerprint density at radius 3 is 2.43 bits per heavy atom. The number of carbonyl (C=O) groups excluding carboxylic acids is 1. The first-order valence-electron chi connectivity index (χ1n) is 10.2. The molecule has 2 aromatic rings. The summed E-state index contributed by atoms with van der Waals surface area (Å²) in [4.78, 5) is 14.6. The number of benzene rings is 2. The van der Waals surface area contributed by atoms with Crippen LogP contribution in [0.25, 0.3) is 0 Å².